The van der Waals surface area contributed by atoms with Gasteiger partial charge in [-0.1, -0.05) is 13.8 Å². The summed E-state index contributed by atoms with van der Waals surface area (Å²) < 4.78 is 13.9. The lowest BCUT2D eigenvalue weighted by molar-refractivity contribution is -0.139. The second-order valence-corrected chi connectivity index (χ2v) is 6.28. The van der Waals surface area contributed by atoms with Crippen LogP contribution in [0.15, 0.2) is 18.2 Å². The van der Waals surface area contributed by atoms with E-state index in [2.05, 4.69) is 5.32 Å². The molecule has 3 amide bonds. The molecule has 0 saturated carbocycles. The van der Waals surface area contributed by atoms with Crippen LogP contribution in [-0.2, 0) is 4.79 Å². The number of rotatable bonds is 3. The minimum absolute atomic E-state index is 0.0109. The maximum absolute atomic E-state index is 13.9. The van der Waals surface area contributed by atoms with Crippen molar-refractivity contribution in [3.63, 3.8) is 0 Å². The quantitative estimate of drug-likeness (QED) is 0.923. The molecule has 0 aliphatic carbocycles. The van der Waals surface area contributed by atoms with E-state index in [4.69, 9.17) is 5.26 Å². The van der Waals surface area contributed by atoms with Crippen molar-refractivity contribution < 1.29 is 14.0 Å². The largest absolute Gasteiger partial charge is 0.339 e. The number of hydrogen-bond donors (Lipinski definition) is 1. The summed E-state index contributed by atoms with van der Waals surface area (Å²) in [6.07, 6.45) is 0. The van der Waals surface area contributed by atoms with Gasteiger partial charge in [0.2, 0.25) is 5.91 Å². The van der Waals surface area contributed by atoms with Crippen LogP contribution in [0.25, 0.3) is 0 Å². The number of nitriles is 1. The van der Waals surface area contributed by atoms with E-state index >= 15 is 0 Å². The maximum Gasteiger partial charge on any atom is 0.322 e. The Morgan fingerprint density at radius 1 is 1.46 bits per heavy atom. The molecule has 0 bridgehead atoms. The lowest BCUT2D eigenvalue weighted by Gasteiger charge is -2.39. The van der Waals surface area contributed by atoms with Gasteiger partial charge in [0.05, 0.1) is 17.3 Å². The minimum Gasteiger partial charge on any atom is -0.339 e. The van der Waals surface area contributed by atoms with E-state index < -0.39 is 17.9 Å². The number of piperazine rings is 1. The Hall–Kier alpha value is -2.62. The highest BCUT2D eigenvalue weighted by Gasteiger charge is 2.34. The summed E-state index contributed by atoms with van der Waals surface area (Å²) in [6, 6.07) is 4.53. The number of carbonyl (C=O) groups excluding carboxylic acids is 2. The number of carbonyl (C=O) groups is 2. The highest BCUT2D eigenvalue weighted by atomic mass is 19.1. The van der Waals surface area contributed by atoms with E-state index in [1.807, 2.05) is 19.9 Å². The van der Waals surface area contributed by atoms with Crippen LogP contribution in [0.5, 0.6) is 0 Å². The van der Waals surface area contributed by atoms with E-state index in [0.29, 0.717) is 25.6 Å². The Morgan fingerprint density at radius 3 is 2.75 bits per heavy atom. The lowest BCUT2D eigenvalue weighted by Crippen LogP contribution is -2.59. The molecule has 0 spiro atoms. The number of anilines is 1. The summed E-state index contributed by atoms with van der Waals surface area (Å²) >= 11 is 0. The molecule has 1 N–H and O–H groups in total. The summed E-state index contributed by atoms with van der Waals surface area (Å²) in [6.45, 7) is 7.25. The van der Waals surface area contributed by atoms with Crippen molar-refractivity contribution in [3.8, 4) is 6.07 Å². The summed E-state index contributed by atoms with van der Waals surface area (Å²) in [5.74, 6) is -0.431. The van der Waals surface area contributed by atoms with Crippen LogP contribution >= 0.6 is 0 Å². The number of nitrogens with one attached hydrogen (secondary N) is 1. The minimum atomic E-state index is -0.681. The van der Waals surface area contributed by atoms with E-state index in [-0.39, 0.29) is 17.2 Å². The third kappa shape index (κ3) is 3.82. The standard InChI is InChI=1S/C17H21FN4O2/c1-11(2)10-21-6-7-22(12(3)16(21)23)17(24)20-15-5-4-13(9-19)8-14(15)18/h4-5,8,11-12H,6-7,10H2,1-3H3,(H,20,24)/t12-/m0/s1. The molecule has 1 aliphatic heterocycles. The van der Waals surface area contributed by atoms with Crippen LogP contribution in [0.3, 0.4) is 0 Å². The number of halogens is 1. The summed E-state index contributed by atoms with van der Waals surface area (Å²) in [7, 11) is 0. The fourth-order valence-electron chi connectivity index (χ4n) is 2.70. The number of nitrogens with zero attached hydrogens (tertiary/aromatic N) is 3. The zero-order chi connectivity index (χ0) is 17.9. The van der Waals surface area contributed by atoms with Gasteiger partial charge in [-0.25, -0.2) is 9.18 Å². The van der Waals surface area contributed by atoms with Crippen molar-refractivity contribution in [1.29, 1.82) is 5.26 Å². The van der Waals surface area contributed by atoms with Crippen molar-refractivity contribution in [1.82, 2.24) is 9.80 Å². The average molecular weight is 332 g/mol. The Morgan fingerprint density at radius 2 is 2.17 bits per heavy atom. The molecule has 7 heteroatoms. The van der Waals surface area contributed by atoms with Crippen LogP contribution in [0.2, 0.25) is 0 Å². The van der Waals surface area contributed by atoms with Gasteiger partial charge in [-0.15, -0.1) is 0 Å². The number of hydrogen-bond acceptors (Lipinski definition) is 3. The first-order valence-corrected chi connectivity index (χ1v) is 7.89. The molecule has 2 rings (SSSR count). The average Bonchev–Trinajstić information content (AvgIpc) is 2.53. The Labute approximate surface area is 140 Å². The molecular weight excluding hydrogens is 311 g/mol. The maximum atomic E-state index is 13.9. The van der Waals surface area contributed by atoms with E-state index in [1.165, 1.54) is 17.0 Å². The van der Waals surface area contributed by atoms with Gasteiger partial charge in [0.15, 0.2) is 0 Å². The molecular formula is C17H21FN4O2. The van der Waals surface area contributed by atoms with E-state index in [9.17, 15) is 14.0 Å². The Balaban J connectivity index is 2.06. The van der Waals surface area contributed by atoms with Crippen LogP contribution in [0, 0.1) is 23.1 Å². The zero-order valence-electron chi connectivity index (χ0n) is 14.0. The van der Waals surface area contributed by atoms with Crippen LogP contribution in [-0.4, -0.2) is 47.4 Å². The van der Waals surface area contributed by atoms with Crippen molar-refractivity contribution in [2.75, 3.05) is 25.0 Å². The molecule has 24 heavy (non-hydrogen) atoms. The SMILES string of the molecule is CC(C)CN1CCN(C(=O)Nc2ccc(C#N)cc2F)[C@@H](C)C1=O. The normalized spacial score (nSPS) is 17.8. The third-order valence-corrected chi connectivity index (χ3v) is 3.93. The van der Waals surface area contributed by atoms with E-state index in [0.717, 1.165) is 6.07 Å². The van der Waals surface area contributed by atoms with Gasteiger partial charge in [-0.05, 0) is 31.0 Å². The fourth-order valence-corrected chi connectivity index (χ4v) is 2.70. The number of urea groups is 1. The first-order chi connectivity index (χ1) is 11.3. The van der Waals surface area contributed by atoms with Gasteiger partial charge in [0.1, 0.15) is 11.9 Å². The van der Waals surface area contributed by atoms with Gasteiger partial charge in [0.25, 0.3) is 0 Å². The first kappa shape index (κ1) is 17.7. The summed E-state index contributed by atoms with van der Waals surface area (Å²) in [5.41, 5.74) is 0.166. The smallest absolute Gasteiger partial charge is 0.322 e. The molecule has 1 fully saturated rings. The topological polar surface area (TPSA) is 76.4 Å². The Bertz CT molecular complexity index is 684. The van der Waals surface area contributed by atoms with Crippen LogP contribution in [0.4, 0.5) is 14.9 Å². The van der Waals surface area contributed by atoms with Gasteiger partial charge < -0.3 is 15.1 Å². The first-order valence-electron chi connectivity index (χ1n) is 7.89. The van der Waals surface area contributed by atoms with E-state index in [1.54, 1.807) is 11.8 Å². The second kappa shape index (κ2) is 7.30. The van der Waals surface area contributed by atoms with Gasteiger partial charge in [-0.3, -0.25) is 4.79 Å². The molecule has 1 aliphatic rings. The van der Waals surface area contributed by atoms with Crippen molar-refractivity contribution in [3.05, 3.63) is 29.6 Å². The van der Waals surface area contributed by atoms with Crippen molar-refractivity contribution in [2.24, 2.45) is 5.92 Å². The molecule has 1 aromatic carbocycles. The third-order valence-electron chi connectivity index (χ3n) is 3.93. The van der Waals surface area contributed by atoms with Crippen LogP contribution < -0.4 is 5.32 Å². The summed E-state index contributed by atoms with van der Waals surface area (Å²) in [5, 5.41) is 11.2. The molecule has 1 aromatic rings. The molecule has 6 nitrogen and oxygen atoms in total. The summed E-state index contributed by atoms with van der Waals surface area (Å²) in [4.78, 5) is 27.9. The predicted octanol–water partition coefficient (Wildman–Crippen LogP) is 2.42. The molecule has 128 valence electrons. The second-order valence-electron chi connectivity index (χ2n) is 6.28. The zero-order valence-corrected chi connectivity index (χ0v) is 14.0. The van der Waals surface area contributed by atoms with Crippen molar-refractivity contribution in [2.45, 2.75) is 26.8 Å². The van der Waals surface area contributed by atoms with Gasteiger partial charge >= 0.3 is 6.03 Å². The fraction of sp³-hybridized carbons (Fsp3) is 0.471. The van der Waals surface area contributed by atoms with Crippen LogP contribution in [0.1, 0.15) is 26.3 Å². The predicted molar refractivity (Wildman–Crippen MR) is 87.7 cm³/mol. The highest BCUT2D eigenvalue weighted by Crippen LogP contribution is 2.18. The highest BCUT2D eigenvalue weighted by molar-refractivity contribution is 5.94. The molecule has 0 radical (unpaired) electrons. The Kier molecular flexibility index (Phi) is 5.39. The monoisotopic (exact) mass is 332 g/mol. The van der Waals surface area contributed by atoms with Gasteiger partial charge in [0, 0.05) is 19.6 Å². The number of benzene rings is 1. The van der Waals surface area contributed by atoms with Crippen molar-refractivity contribution >= 4 is 17.6 Å². The lowest BCUT2D eigenvalue weighted by atomic mass is 10.1. The molecule has 1 saturated heterocycles. The molecule has 0 unspecified atom stereocenters. The molecule has 0 aromatic heterocycles. The molecule has 1 atom stereocenters. The number of amides is 3. The van der Waals surface area contributed by atoms with Gasteiger partial charge in [-0.2, -0.15) is 5.26 Å². The molecule has 1 heterocycles.